The van der Waals surface area contributed by atoms with E-state index in [0.29, 0.717) is 18.1 Å². The first-order valence-corrected chi connectivity index (χ1v) is 11.0. The lowest BCUT2D eigenvalue weighted by Crippen LogP contribution is -2.25. The summed E-state index contributed by atoms with van der Waals surface area (Å²) < 4.78 is 65.0. The third kappa shape index (κ3) is 5.86. The number of hydrogen-bond acceptors (Lipinski definition) is 0. The molecule has 0 N–H and O–H groups in total. The maximum atomic E-state index is 13.6. The molecule has 0 atom stereocenters. The summed E-state index contributed by atoms with van der Waals surface area (Å²) in [4.78, 5) is 0. The standard InChI is InChI=1S/C25H29F5/c1-2-17-7-11-20(12-8-17)21-13-9-18(10-14-21)5-3-4-6-19-15-22(26)24(23(27)16-19)25(28,29)30/h3,5,15-18,20-21H,2,7-14H2,1H3. The lowest BCUT2D eigenvalue weighted by molar-refractivity contribution is -0.142. The molecule has 0 saturated heterocycles. The Bertz CT molecular complexity index is 772. The molecule has 0 unspecified atom stereocenters. The first-order chi connectivity index (χ1) is 14.3. The normalized spacial score (nSPS) is 27.7. The van der Waals surface area contributed by atoms with Gasteiger partial charge in [0.15, 0.2) is 0 Å². The highest BCUT2D eigenvalue weighted by Gasteiger charge is 2.37. The van der Waals surface area contributed by atoms with Gasteiger partial charge in [-0.05, 0) is 80.4 Å². The van der Waals surface area contributed by atoms with E-state index in [1.54, 1.807) is 6.08 Å². The van der Waals surface area contributed by atoms with Gasteiger partial charge in [0.05, 0.1) is 0 Å². The summed E-state index contributed by atoms with van der Waals surface area (Å²) >= 11 is 0. The number of alkyl halides is 3. The van der Waals surface area contributed by atoms with Gasteiger partial charge in [0.1, 0.15) is 17.2 Å². The molecule has 3 rings (SSSR count). The highest BCUT2D eigenvalue weighted by molar-refractivity contribution is 5.40. The van der Waals surface area contributed by atoms with Crippen LogP contribution in [0.2, 0.25) is 0 Å². The highest BCUT2D eigenvalue weighted by atomic mass is 19.4. The highest BCUT2D eigenvalue weighted by Crippen LogP contribution is 2.42. The van der Waals surface area contributed by atoms with Crippen LogP contribution in [0.5, 0.6) is 0 Å². The van der Waals surface area contributed by atoms with Gasteiger partial charge in [-0.2, -0.15) is 13.2 Å². The van der Waals surface area contributed by atoms with Crippen molar-refractivity contribution >= 4 is 0 Å². The van der Waals surface area contributed by atoms with Gasteiger partial charge in [0, 0.05) is 5.56 Å². The number of benzene rings is 1. The first kappa shape index (κ1) is 22.8. The van der Waals surface area contributed by atoms with Crippen LogP contribution in [0.1, 0.15) is 75.8 Å². The Morgan fingerprint density at radius 3 is 1.93 bits per heavy atom. The van der Waals surface area contributed by atoms with Crippen molar-refractivity contribution < 1.29 is 22.0 Å². The molecule has 5 heteroatoms. The number of rotatable bonds is 3. The zero-order valence-corrected chi connectivity index (χ0v) is 17.4. The monoisotopic (exact) mass is 424 g/mol. The van der Waals surface area contributed by atoms with Gasteiger partial charge in [-0.25, -0.2) is 8.78 Å². The van der Waals surface area contributed by atoms with Crippen molar-refractivity contribution in [1.29, 1.82) is 0 Å². The lowest BCUT2D eigenvalue weighted by atomic mass is 9.69. The quantitative estimate of drug-likeness (QED) is 0.342. The van der Waals surface area contributed by atoms with E-state index in [9.17, 15) is 22.0 Å². The fourth-order valence-electron chi connectivity index (χ4n) is 5.10. The van der Waals surface area contributed by atoms with Crippen LogP contribution in [-0.2, 0) is 6.18 Å². The minimum atomic E-state index is -5.06. The Morgan fingerprint density at radius 1 is 0.900 bits per heavy atom. The van der Waals surface area contributed by atoms with Crippen molar-refractivity contribution in [2.75, 3.05) is 0 Å². The molecule has 2 fully saturated rings. The molecular weight excluding hydrogens is 395 g/mol. The molecule has 30 heavy (non-hydrogen) atoms. The lowest BCUT2D eigenvalue weighted by Gasteiger charge is -2.37. The molecular formula is C25H29F5. The van der Waals surface area contributed by atoms with Gasteiger partial charge < -0.3 is 0 Å². The van der Waals surface area contributed by atoms with Gasteiger partial charge in [0.25, 0.3) is 0 Å². The molecule has 0 spiro atoms. The Labute approximate surface area is 175 Å². The molecule has 1 aromatic rings. The first-order valence-electron chi connectivity index (χ1n) is 11.0. The van der Waals surface area contributed by atoms with Gasteiger partial charge in [0.2, 0.25) is 0 Å². The van der Waals surface area contributed by atoms with Crippen LogP contribution in [0.25, 0.3) is 0 Å². The zero-order valence-electron chi connectivity index (χ0n) is 17.4. The summed E-state index contributed by atoms with van der Waals surface area (Å²) in [6.07, 6.45) is 10.1. The smallest absolute Gasteiger partial charge is 0.206 e. The molecule has 0 nitrogen and oxygen atoms in total. The van der Waals surface area contributed by atoms with Crippen LogP contribution in [-0.4, -0.2) is 0 Å². The predicted molar refractivity (Wildman–Crippen MR) is 109 cm³/mol. The molecule has 164 valence electrons. The Hall–Kier alpha value is -1.83. The van der Waals surface area contributed by atoms with Crippen LogP contribution in [0.15, 0.2) is 24.3 Å². The number of allylic oxidation sites excluding steroid dienone is 2. The molecule has 2 saturated carbocycles. The van der Waals surface area contributed by atoms with Crippen LogP contribution in [0.4, 0.5) is 22.0 Å². The minimum Gasteiger partial charge on any atom is -0.206 e. The average Bonchev–Trinajstić information content (AvgIpc) is 2.70. The molecule has 0 aromatic heterocycles. The topological polar surface area (TPSA) is 0 Å². The number of halogens is 5. The van der Waals surface area contributed by atoms with Crippen molar-refractivity contribution in [3.05, 3.63) is 47.0 Å². The summed E-state index contributed by atoms with van der Waals surface area (Å²) in [5, 5.41) is 0. The van der Waals surface area contributed by atoms with E-state index < -0.39 is 23.4 Å². The summed E-state index contributed by atoms with van der Waals surface area (Å²) in [5.41, 5.74) is -1.97. The molecule has 0 aliphatic heterocycles. The predicted octanol–water partition coefficient (Wildman–Crippen LogP) is 7.91. The molecule has 0 heterocycles. The zero-order chi connectivity index (χ0) is 21.7. The summed E-state index contributed by atoms with van der Waals surface area (Å²) in [5.74, 6) is 5.04. The molecule has 1 aromatic carbocycles. The molecule has 0 radical (unpaired) electrons. The van der Waals surface area contributed by atoms with Crippen molar-refractivity contribution in [2.24, 2.45) is 23.7 Å². The van der Waals surface area contributed by atoms with E-state index in [1.165, 1.54) is 44.9 Å². The molecule has 2 aliphatic rings. The van der Waals surface area contributed by atoms with E-state index in [1.807, 2.05) is 6.08 Å². The second-order valence-electron chi connectivity index (χ2n) is 8.81. The summed E-state index contributed by atoms with van der Waals surface area (Å²) in [6.45, 7) is 2.29. The molecule has 0 bridgehead atoms. The summed E-state index contributed by atoms with van der Waals surface area (Å²) in [6, 6.07) is 1.26. The largest absolute Gasteiger partial charge is 0.422 e. The van der Waals surface area contributed by atoms with Crippen LogP contribution >= 0.6 is 0 Å². The van der Waals surface area contributed by atoms with Crippen LogP contribution in [0, 0.1) is 47.1 Å². The van der Waals surface area contributed by atoms with Gasteiger partial charge >= 0.3 is 6.18 Å². The summed E-state index contributed by atoms with van der Waals surface area (Å²) in [7, 11) is 0. The van der Waals surface area contributed by atoms with Gasteiger partial charge in [-0.3, -0.25) is 0 Å². The van der Waals surface area contributed by atoms with E-state index in [2.05, 4.69) is 18.8 Å². The maximum Gasteiger partial charge on any atom is 0.422 e. The Morgan fingerprint density at radius 2 is 1.43 bits per heavy atom. The maximum absolute atomic E-state index is 13.6. The molecule has 2 aliphatic carbocycles. The van der Waals surface area contributed by atoms with E-state index in [-0.39, 0.29) is 5.56 Å². The SMILES string of the molecule is CCC1CCC(C2CCC(C=CC#Cc3cc(F)c(C(F)(F)F)c(F)c3)CC2)CC1. The van der Waals surface area contributed by atoms with Crippen molar-refractivity contribution in [2.45, 2.75) is 70.9 Å². The second-order valence-corrected chi connectivity index (χ2v) is 8.81. The van der Waals surface area contributed by atoms with Crippen molar-refractivity contribution in [3.63, 3.8) is 0 Å². The minimum absolute atomic E-state index is 0.103. The third-order valence-corrected chi connectivity index (χ3v) is 6.95. The van der Waals surface area contributed by atoms with Gasteiger partial charge in [-0.1, -0.05) is 44.1 Å². The number of hydrogen-bond donors (Lipinski definition) is 0. The average molecular weight is 424 g/mol. The van der Waals surface area contributed by atoms with E-state index in [4.69, 9.17) is 0 Å². The fourth-order valence-corrected chi connectivity index (χ4v) is 5.10. The van der Waals surface area contributed by atoms with E-state index >= 15 is 0 Å². The van der Waals surface area contributed by atoms with Crippen molar-refractivity contribution in [3.8, 4) is 11.8 Å². The van der Waals surface area contributed by atoms with Crippen molar-refractivity contribution in [1.82, 2.24) is 0 Å². The van der Waals surface area contributed by atoms with Gasteiger partial charge in [-0.15, -0.1) is 0 Å². The van der Waals surface area contributed by atoms with Crippen LogP contribution in [0.3, 0.4) is 0 Å². The Balaban J connectivity index is 1.50. The molecule has 0 amide bonds. The van der Waals surface area contributed by atoms with E-state index in [0.717, 1.165) is 30.6 Å². The Kier molecular flexibility index (Phi) is 7.60. The second kappa shape index (κ2) is 9.98. The van der Waals surface area contributed by atoms with Crippen LogP contribution < -0.4 is 0 Å². The fraction of sp³-hybridized carbons (Fsp3) is 0.600. The third-order valence-electron chi connectivity index (χ3n) is 6.95.